The molecule has 0 fully saturated rings. The van der Waals surface area contributed by atoms with Crippen LogP contribution in [0.1, 0.15) is 21.5 Å². The third-order valence-electron chi connectivity index (χ3n) is 2.48. The van der Waals surface area contributed by atoms with Crippen molar-refractivity contribution in [1.82, 2.24) is 4.98 Å². The van der Waals surface area contributed by atoms with Crippen molar-refractivity contribution in [2.24, 2.45) is 0 Å². The minimum Gasteiger partial charge on any atom is -0.289 e. The van der Waals surface area contributed by atoms with Gasteiger partial charge in [0.2, 0.25) is 0 Å². The van der Waals surface area contributed by atoms with E-state index in [0.29, 0.717) is 5.56 Å². The minimum absolute atomic E-state index is 0.226. The zero-order valence-electron chi connectivity index (χ0n) is 9.08. The number of nitrogens with zero attached hydrogens (tertiary/aromatic N) is 1. The Balaban J connectivity index is 2.48. The van der Waals surface area contributed by atoms with Crippen LogP contribution in [0.15, 0.2) is 41.1 Å². The molecule has 0 unspecified atom stereocenters. The van der Waals surface area contributed by atoms with E-state index >= 15 is 0 Å². The van der Waals surface area contributed by atoms with Crippen LogP contribution in [-0.4, -0.2) is 10.8 Å². The lowest BCUT2D eigenvalue weighted by atomic mass is 10.0. The van der Waals surface area contributed by atoms with Crippen LogP contribution in [-0.2, 0) is 0 Å². The maximum absolute atomic E-state index is 13.0. The summed E-state index contributed by atoms with van der Waals surface area (Å²) in [6.07, 6.45) is 2.44. The summed E-state index contributed by atoms with van der Waals surface area (Å²) in [6, 6.07) is 6.54. The Hall–Kier alpha value is -1.55. The lowest BCUT2D eigenvalue weighted by Crippen LogP contribution is -2.05. The Morgan fingerprint density at radius 1 is 1.35 bits per heavy atom. The molecule has 1 aromatic heterocycles. The number of pyridine rings is 1. The molecule has 2 rings (SSSR count). The van der Waals surface area contributed by atoms with E-state index in [1.165, 1.54) is 12.3 Å². The molecule has 1 aromatic carbocycles. The molecule has 4 heteroatoms. The SMILES string of the molecule is Cc1c(Br)cccc1C(=O)c1cncc(F)c1. The molecule has 0 N–H and O–H groups in total. The summed E-state index contributed by atoms with van der Waals surface area (Å²) in [6.45, 7) is 1.84. The van der Waals surface area contributed by atoms with Crippen LogP contribution in [0.3, 0.4) is 0 Å². The molecule has 0 saturated carbocycles. The summed E-state index contributed by atoms with van der Waals surface area (Å²) in [5.41, 5.74) is 1.64. The highest BCUT2D eigenvalue weighted by Crippen LogP contribution is 2.21. The van der Waals surface area contributed by atoms with Crippen molar-refractivity contribution >= 4 is 21.7 Å². The smallest absolute Gasteiger partial charge is 0.194 e. The van der Waals surface area contributed by atoms with Crippen LogP contribution in [0.4, 0.5) is 4.39 Å². The van der Waals surface area contributed by atoms with Crippen molar-refractivity contribution in [2.45, 2.75) is 6.92 Å². The summed E-state index contributed by atoms with van der Waals surface area (Å²) in [4.78, 5) is 15.8. The topological polar surface area (TPSA) is 30.0 Å². The lowest BCUT2D eigenvalue weighted by molar-refractivity contribution is 0.103. The maximum atomic E-state index is 13.0. The van der Waals surface area contributed by atoms with Gasteiger partial charge in [-0.15, -0.1) is 0 Å². The van der Waals surface area contributed by atoms with Gasteiger partial charge in [0.15, 0.2) is 5.78 Å². The number of halogens is 2. The predicted octanol–water partition coefficient (Wildman–Crippen LogP) is 3.52. The number of carbonyl (C=O) groups excluding carboxylic acids is 1. The standard InChI is InChI=1S/C13H9BrFNO/c1-8-11(3-2-4-12(8)14)13(17)9-5-10(15)7-16-6-9/h2-7H,1H3. The van der Waals surface area contributed by atoms with Gasteiger partial charge in [0.25, 0.3) is 0 Å². The van der Waals surface area contributed by atoms with Crippen molar-refractivity contribution in [3.05, 3.63) is 63.6 Å². The normalized spacial score (nSPS) is 10.3. The summed E-state index contributed by atoms with van der Waals surface area (Å²) < 4.78 is 13.9. The molecule has 0 spiro atoms. The number of aromatic nitrogens is 1. The molecule has 1 heterocycles. The Kier molecular flexibility index (Phi) is 3.33. The van der Waals surface area contributed by atoms with Gasteiger partial charge in [-0.2, -0.15) is 0 Å². The third kappa shape index (κ3) is 2.42. The highest BCUT2D eigenvalue weighted by molar-refractivity contribution is 9.10. The molecule has 86 valence electrons. The zero-order chi connectivity index (χ0) is 12.4. The maximum Gasteiger partial charge on any atom is 0.194 e. The fourth-order valence-electron chi connectivity index (χ4n) is 1.54. The molecule has 0 atom stereocenters. The first-order chi connectivity index (χ1) is 8.09. The monoisotopic (exact) mass is 293 g/mol. The van der Waals surface area contributed by atoms with E-state index in [2.05, 4.69) is 20.9 Å². The molecule has 0 bridgehead atoms. The Labute approximate surface area is 107 Å². The molecule has 0 amide bonds. The van der Waals surface area contributed by atoms with Crippen molar-refractivity contribution in [1.29, 1.82) is 0 Å². The molecule has 17 heavy (non-hydrogen) atoms. The van der Waals surface area contributed by atoms with Gasteiger partial charge >= 0.3 is 0 Å². The van der Waals surface area contributed by atoms with Crippen LogP contribution in [0.25, 0.3) is 0 Å². The van der Waals surface area contributed by atoms with Crippen molar-refractivity contribution in [2.75, 3.05) is 0 Å². The van der Waals surface area contributed by atoms with Gasteiger partial charge in [0.05, 0.1) is 6.20 Å². The highest BCUT2D eigenvalue weighted by atomic mass is 79.9. The first kappa shape index (κ1) is 11.9. The van der Waals surface area contributed by atoms with E-state index in [9.17, 15) is 9.18 Å². The highest BCUT2D eigenvalue weighted by Gasteiger charge is 2.13. The molecule has 0 aliphatic carbocycles. The van der Waals surface area contributed by atoms with E-state index in [1.54, 1.807) is 12.1 Å². The molecule has 0 aliphatic rings. The number of rotatable bonds is 2. The van der Waals surface area contributed by atoms with Gasteiger partial charge < -0.3 is 0 Å². The van der Waals surface area contributed by atoms with Crippen molar-refractivity contribution < 1.29 is 9.18 Å². The zero-order valence-corrected chi connectivity index (χ0v) is 10.7. The Morgan fingerprint density at radius 3 is 2.82 bits per heavy atom. The Bertz CT molecular complexity index is 583. The largest absolute Gasteiger partial charge is 0.289 e. The van der Waals surface area contributed by atoms with Gasteiger partial charge in [0.1, 0.15) is 5.82 Å². The average Bonchev–Trinajstić information content (AvgIpc) is 2.32. The summed E-state index contributed by atoms with van der Waals surface area (Å²) in [5, 5.41) is 0. The Morgan fingerprint density at radius 2 is 2.12 bits per heavy atom. The fraction of sp³-hybridized carbons (Fsp3) is 0.0769. The fourth-order valence-corrected chi connectivity index (χ4v) is 1.91. The first-order valence-corrected chi connectivity index (χ1v) is 5.79. The number of ketones is 1. The molecule has 0 radical (unpaired) electrons. The van der Waals surface area contributed by atoms with E-state index in [4.69, 9.17) is 0 Å². The van der Waals surface area contributed by atoms with E-state index < -0.39 is 5.82 Å². The summed E-state index contributed by atoms with van der Waals surface area (Å²) >= 11 is 3.36. The second-order valence-corrected chi connectivity index (χ2v) is 4.49. The molecule has 2 nitrogen and oxygen atoms in total. The van der Waals surface area contributed by atoms with E-state index in [1.807, 2.05) is 13.0 Å². The predicted molar refractivity (Wildman–Crippen MR) is 66.5 cm³/mol. The van der Waals surface area contributed by atoms with E-state index in [0.717, 1.165) is 16.2 Å². The van der Waals surface area contributed by atoms with Gasteiger partial charge in [-0.25, -0.2) is 4.39 Å². The van der Waals surface area contributed by atoms with Gasteiger partial charge in [-0.1, -0.05) is 28.1 Å². The molecule has 0 aliphatic heterocycles. The molecule has 0 saturated heterocycles. The van der Waals surface area contributed by atoms with E-state index in [-0.39, 0.29) is 11.3 Å². The number of benzene rings is 1. The van der Waals surface area contributed by atoms with Crippen LogP contribution in [0.2, 0.25) is 0 Å². The lowest BCUT2D eigenvalue weighted by Gasteiger charge is -2.06. The number of hydrogen-bond acceptors (Lipinski definition) is 2. The number of hydrogen-bond donors (Lipinski definition) is 0. The summed E-state index contributed by atoms with van der Waals surface area (Å²) in [7, 11) is 0. The quantitative estimate of drug-likeness (QED) is 0.793. The average molecular weight is 294 g/mol. The second-order valence-electron chi connectivity index (χ2n) is 3.63. The van der Waals surface area contributed by atoms with Gasteiger partial charge in [-0.3, -0.25) is 9.78 Å². The van der Waals surface area contributed by atoms with Crippen LogP contribution >= 0.6 is 15.9 Å². The second kappa shape index (κ2) is 4.75. The molecular formula is C13H9BrFNO. The van der Waals surface area contributed by atoms with Gasteiger partial charge in [-0.05, 0) is 24.6 Å². The van der Waals surface area contributed by atoms with Crippen molar-refractivity contribution in [3.8, 4) is 0 Å². The van der Waals surface area contributed by atoms with Crippen LogP contribution in [0.5, 0.6) is 0 Å². The molecule has 2 aromatic rings. The van der Waals surface area contributed by atoms with Gasteiger partial charge in [0, 0.05) is 21.8 Å². The van der Waals surface area contributed by atoms with Crippen LogP contribution in [0, 0.1) is 12.7 Å². The summed E-state index contributed by atoms with van der Waals surface area (Å²) in [5.74, 6) is -0.737. The number of carbonyl (C=O) groups is 1. The van der Waals surface area contributed by atoms with Crippen LogP contribution < -0.4 is 0 Å². The minimum atomic E-state index is -0.511. The van der Waals surface area contributed by atoms with Crippen molar-refractivity contribution in [3.63, 3.8) is 0 Å². The third-order valence-corrected chi connectivity index (χ3v) is 3.34. The molecular weight excluding hydrogens is 285 g/mol. The first-order valence-electron chi connectivity index (χ1n) is 5.00.